The molecule has 3 aromatic rings. The monoisotopic (exact) mass is 590 g/mol. The fraction of sp³-hybridized carbons (Fsp3) is 0.394. The van der Waals surface area contributed by atoms with E-state index in [9.17, 15) is 24.2 Å². The van der Waals surface area contributed by atoms with Gasteiger partial charge in [-0.3, -0.25) is 19.5 Å². The van der Waals surface area contributed by atoms with Gasteiger partial charge in [0.2, 0.25) is 0 Å². The van der Waals surface area contributed by atoms with E-state index in [0.29, 0.717) is 24.2 Å². The fourth-order valence-corrected chi connectivity index (χ4v) is 5.51. The van der Waals surface area contributed by atoms with E-state index in [1.54, 1.807) is 24.3 Å². The van der Waals surface area contributed by atoms with Crippen LogP contribution in [0.1, 0.15) is 65.6 Å². The normalized spacial score (nSPS) is 15.0. The van der Waals surface area contributed by atoms with Crippen molar-refractivity contribution in [3.05, 3.63) is 76.5 Å². The Kier molecular flexibility index (Phi) is 10.4. The number of aryl methyl sites for hydroxylation is 2. The minimum absolute atomic E-state index is 0.109. The summed E-state index contributed by atoms with van der Waals surface area (Å²) >= 11 is 0. The number of carboxylic acids is 1. The summed E-state index contributed by atoms with van der Waals surface area (Å²) in [5, 5.41) is 32.4. The summed E-state index contributed by atoms with van der Waals surface area (Å²) in [5.41, 5.74) is 6.70. The quantitative estimate of drug-likeness (QED) is 0.242. The molecule has 4 rings (SSSR count). The largest absolute Gasteiger partial charge is 0.481 e. The molecule has 1 aliphatic rings. The predicted octanol–water partition coefficient (Wildman–Crippen LogP) is 4.37. The molecule has 1 aliphatic carbocycles. The van der Waals surface area contributed by atoms with Gasteiger partial charge < -0.3 is 20.6 Å². The molecule has 2 aromatic heterocycles. The van der Waals surface area contributed by atoms with Gasteiger partial charge in [0, 0.05) is 23.2 Å². The molecule has 9 nitrogen and oxygen atoms in total. The van der Waals surface area contributed by atoms with Crippen molar-refractivity contribution < 1.29 is 29.3 Å². The number of carboxylic acid groups (broad SMARTS) is 1. The number of aliphatic hydroxyl groups is 2. The van der Waals surface area contributed by atoms with E-state index in [4.69, 9.17) is 15.1 Å². The van der Waals surface area contributed by atoms with E-state index < -0.39 is 24.6 Å². The highest BCUT2D eigenvalue weighted by molar-refractivity contribution is 5.93. The standard InChI is InChI=1S/C33H39FN4O5/c1-5-29(38(3)4)37-33(43)28-16-15-25-27(36-28)8-6-7-26-31(20-9-11-21(34)12-10-20)24(19(2)35-32(25)26)14-13-22(39)17-23(40)18-30(41)42/h9-16,22-23,29,39-40H,5-8,17-18H2,1-4H3,(H,37,43)(H,41,42)/b14-13+/t22-,23-,29?/m1/s1. The molecule has 1 aromatic carbocycles. The summed E-state index contributed by atoms with van der Waals surface area (Å²) in [5.74, 6) is -1.74. The van der Waals surface area contributed by atoms with E-state index in [1.807, 2.05) is 38.9 Å². The second-order valence-electron chi connectivity index (χ2n) is 11.1. The average molecular weight is 591 g/mol. The van der Waals surface area contributed by atoms with Crippen molar-refractivity contribution in [2.75, 3.05) is 14.1 Å². The Morgan fingerprint density at radius 3 is 2.47 bits per heavy atom. The minimum atomic E-state index is -1.19. The zero-order valence-corrected chi connectivity index (χ0v) is 25.0. The lowest BCUT2D eigenvalue weighted by atomic mass is 9.89. The maximum atomic E-state index is 13.9. The zero-order chi connectivity index (χ0) is 31.3. The van der Waals surface area contributed by atoms with Crippen molar-refractivity contribution in [3.8, 4) is 22.4 Å². The van der Waals surface area contributed by atoms with Crippen molar-refractivity contribution in [1.82, 2.24) is 20.2 Å². The third-order valence-corrected chi connectivity index (χ3v) is 7.68. The van der Waals surface area contributed by atoms with E-state index in [-0.39, 0.29) is 24.3 Å². The van der Waals surface area contributed by atoms with Crippen LogP contribution in [0.2, 0.25) is 0 Å². The van der Waals surface area contributed by atoms with E-state index in [1.165, 1.54) is 18.2 Å². The molecular weight excluding hydrogens is 551 g/mol. The van der Waals surface area contributed by atoms with Crippen LogP contribution in [-0.2, 0) is 17.6 Å². The molecule has 2 heterocycles. The molecule has 228 valence electrons. The number of hydrogen-bond acceptors (Lipinski definition) is 7. The van der Waals surface area contributed by atoms with Crippen molar-refractivity contribution in [2.24, 2.45) is 0 Å². The van der Waals surface area contributed by atoms with Gasteiger partial charge in [0.05, 0.1) is 36.2 Å². The average Bonchev–Trinajstić information content (AvgIpc) is 3.13. The first-order valence-electron chi connectivity index (χ1n) is 14.5. The third kappa shape index (κ3) is 7.70. The summed E-state index contributed by atoms with van der Waals surface area (Å²) in [6.07, 6.45) is 3.08. The van der Waals surface area contributed by atoms with Gasteiger partial charge in [0.15, 0.2) is 0 Å². The first-order valence-corrected chi connectivity index (χ1v) is 14.5. The molecule has 43 heavy (non-hydrogen) atoms. The number of fused-ring (bicyclic) bond motifs is 3. The lowest BCUT2D eigenvalue weighted by Crippen LogP contribution is -2.44. The molecular formula is C33H39FN4O5. The van der Waals surface area contributed by atoms with Crippen molar-refractivity contribution in [2.45, 2.75) is 70.7 Å². The predicted molar refractivity (Wildman–Crippen MR) is 163 cm³/mol. The van der Waals surface area contributed by atoms with Crippen molar-refractivity contribution >= 4 is 18.0 Å². The van der Waals surface area contributed by atoms with E-state index in [2.05, 4.69) is 5.32 Å². The molecule has 3 atom stereocenters. The number of benzene rings is 1. The van der Waals surface area contributed by atoms with Gasteiger partial charge in [0.25, 0.3) is 5.91 Å². The topological polar surface area (TPSA) is 136 Å². The number of halogens is 1. The van der Waals surface area contributed by atoms with Crippen LogP contribution in [0.5, 0.6) is 0 Å². The summed E-state index contributed by atoms with van der Waals surface area (Å²) in [4.78, 5) is 35.6. The number of nitrogens with zero attached hydrogens (tertiary/aromatic N) is 3. The number of carbonyl (C=O) groups excluding carboxylic acids is 1. The molecule has 0 bridgehead atoms. The number of aliphatic carboxylic acids is 1. The first-order chi connectivity index (χ1) is 20.5. The van der Waals surface area contributed by atoms with Crippen LogP contribution in [0.15, 0.2) is 42.5 Å². The van der Waals surface area contributed by atoms with Gasteiger partial charge >= 0.3 is 5.97 Å². The highest BCUT2D eigenvalue weighted by Gasteiger charge is 2.25. The summed E-state index contributed by atoms with van der Waals surface area (Å²) in [6, 6.07) is 9.82. The number of carbonyl (C=O) groups is 2. The van der Waals surface area contributed by atoms with Gasteiger partial charge in [-0.1, -0.05) is 31.2 Å². The Morgan fingerprint density at radius 2 is 1.81 bits per heavy atom. The highest BCUT2D eigenvalue weighted by atomic mass is 19.1. The van der Waals surface area contributed by atoms with Crippen LogP contribution in [0, 0.1) is 12.7 Å². The molecule has 0 radical (unpaired) electrons. The fourth-order valence-electron chi connectivity index (χ4n) is 5.51. The molecule has 0 saturated heterocycles. The van der Waals surface area contributed by atoms with Crippen molar-refractivity contribution in [1.29, 1.82) is 0 Å². The number of aromatic nitrogens is 2. The molecule has 0 saturated carbocycles. The third-order valence-electron chi connectivity index (χ3n) is 7.68. The van der Waals surface area contributed by atoms with Gasteiger partial charge in [-0.25, -0.2) is 9.37 Å². The van der Waals surface area contributed by atoms with E-state index in [0.717, 1.165) is 52.0 Å². The first kappa shape index (κ1) is 31.9. The van der Waals surface area contributed by atoms with E-state index >= 15 is 0 Å². The Bertz CT molecular complexity index is 1510. The summed E-state index contributed by atoms with van der Waals surface area (Å²) in [7, 11) is 3.82. The zero-order valence-electron chi connectivity index (χ0n) is 25.0. The molecule has 1 unspecified atom stereocenters. The van der Waals surface area contributed by atoms with Gasteiger partial charge in [-0.15, -0.1) is 0 Å². The van der Waals surface area contributed by atoms with Crippen LogP contribution in [-0.4, -0.2) is 74.5 Å². The Hall–Kier alpha value is -3.99. The SMILES string of the molecule is CCC(NC(=O)c1ccc2c(n1)CCCc1c-2nc(C)c(/C=C/[C@@H](O)C[C@@H](O)CC(=O)O)c1-c1ccc(F)cc1)N(C)C. The number of aliphatic hydroxyl groups excluding tert-OH is 2. The summed E-state index contributed by atoms with van der Waals surface area (Å²) in [6.45, 7) is 3.86. The Balaban J connectivity index is 1.78. The van der Waals surface area contributed by atoms with Crippen molar-refractivity contribution in [3.63, 3.8) is 0 Å². The highest BCUT2D eigenvalue weighted by Crippen LogP contribution is 2.40. The summed E-state index contributed by atoms with van der Waals surface area (Å²) < 4.78 is 13.9. The van der Waals surface area contributed by atoms with Crippen LogP contribution in [0.3, 0.4) is 0 Å². The maximum absolute atomic E-state index is 13.9. The lowest BCUT2D eigenvalue weighted by Gasteiger charge is -2.24. The Morgan fingerprint density at radius 1 is 1.09 bits per heavy atom. The number of nitrogens with one attached hydrogen (secondary N) is 1. The number of pyridine rings is 2. The molecule has 10 heteroatoms. The van der Waals surface area contributed by atoms with Crippen LogP contribution in [0.4, 0.5) is 4.39 Å². The molecule has 0 spiro atoms. The van der Waals surface area contributed by atoms with Crippen LogP contribution in [0.25, 0.3) is 28.5 Å². The Labute approximate surface area is 251 Å². The van der Waals surface area contributed by atoms with Gasteiger partial charge in [-0.05, 0) is 87.7 Å². The second-order valence-corrected chi connectivity index (χ2v) is 11.1. The molecule has 1 amide bonds. The number of amides is 1. The molecule has 0 aliphatic heterocycles. The van der Waals surface area contributed by atoms with Gasteiger partial charge in [-0.2, -0.15) is 0 Å². The minimum Gasteiger partial charge on any atom is -0.481 e. The number of rotatable bonds is 11. The maximum Gasteiger partial charge on any atom is 0.305 e. The lowest BCUT2D eigenvalue weighted by molar-refractivity contribution is -0.139. The van der Waals surface area contributed by atoms with Crippen LogP contribution < -0.4 is 5.32 Å². The smallest absolute Gasteiger partial charge is 0.305 e. The molecule has 0 fully saturated rings. The van der Waals surface area contributed by atoms with Gasteiger partial charge in [0.1, 0.15) is 11.5 Å². The molecule has 4 N–H and O–H groups in total. The van der Waals surface area contributed by atoms with Crippen LogP contribution >= 0.6 is 0 Å². The second kappa shape index (κ2) is 14.0. The number of hydrogen-bond donors (Lipinski definition) is 4.